The predicted molar refractivity (Wildman–Crippen MR) is 232 cm³/mol. The first-order valence-electron chi connectivity index (χ1n) is 19.1. The van der Waals surface area contributed by atoms with Crippen LogP contribution in [-0.4, -0.2) is 24.1 Å². The van der Waals surface area contributed by atoms with E-state index in [9.17, 15) is 0 Å². The normalized spacial score (nSPS) is 11.9. The van der Waals surface area contributed by atoms with Gasteiger partial charge in [-0.1, -0.05) is 146 Å². The fraction of sp³-hybridized carbons (Fsp3) is 0. The molecule has 0 aliphatic heterocycles. The number of furan rings is 1. The number of benzene rings is 8. The van der Waals surface area contributed by atoms with Crippen molar-refractivity contribution in [3.63, 3.8) is 0 Å². The molecule has 266 valence electrons. The largest absolute Gasteiger partial charge is 0.456 e. The lowest BCUT2D eigenvalue weighted by Crippen LogP contribution is -2.07. The lowest BCUT2D eigenvalue weighted by Gasteiger charge is -2.13. The fourth-order valence-corrected chi connectivity index (χ4v) is 8.70. The molecule has 0 aliphatic rings. The van der Waals surface area contributed by atoms with E-state index >= 15 is 0 Å². The molecule has 0 bridgehead atoms. The highest BCUT2D eigenvalue weighted by molar-refractivity contribution is 6.23. The van der Waals surface area contributed by atoms with Gasteiger partial charge in [0.05, 0.1) is 22.1 Å². The van der Waals surface area contributed by atoms with Gasteiger partial charge in [-0.15, -0.1) is 0 Å². The topological polar surface area (TPSA) is 61.7 Å². The maximum absolute atomic E-state index is 6.27. The Bertz CT molecular complexity index is 3520. The summed E-state index contributed by atoms with van der Waals surface area (Å²) < 4.78 is 10.9. The van der Waals surface area contributed by atoms with Crippen molar-refractivity contribution < 1.29 is 4.42 Å². The Kier molecular flexibility index (Phi) is 6.83. The number of para-hydroxylation sites is 4. The molecule has 0 aliphatic carbocycles. The van der Waals surface area contributed by atoms with Crippen LogP contribution in [0.5, 0.6) is 0 Å². The van der Waals surface area contributed by atoms with Gasteiger partial charge < -0.3 is 8.98 Å². The second-order valence-corrected chi connectivity index (χ2v) is 14.4. The molecule has 4 heterocycles. The molecule has 0 atom stereocenters. The molecule has 0 unspecified atom stereocenters. The number of aromatic nitrogens is 5. The van der Waals surface area contributed by atoms with Crippen LogP contribution in [0.15, 0.2) is 192 Å². The van der Waals surface area contributed by atoms with Gasteiger partial charge >= 0.3 is 0 Å². The molecule has 8 aromatic carbocycles. The van der Waals surface area contributed by atoms with E-state index < -0.39 is 0 Å². The summed E-state index contributed by atoms with van der Waals surface area (Å²) in [7, 11) is 0. The van der Waals surface area contributed by atoms with Gasteiger partial charge in [0, 0.05) is 49.1 Å². The first kappa shape index (κ1) is 31.5. The Hall–Kier alpha value is -7.83. The van der Waals surface area contributed by atoms with Gasteiger partial charge in [-0.25, -0.2) is 4.98 Å². The monoisotopic (exact) mass is 729 g/mol. The van der Waals surface area contributed by atoms with Crippen LogP contribution in [0.4, 0.5) is 0 Å². The quantitative estimate of drug-likeness (QED) is 0.177. The molecule has 6 heteroatoms. The lowest BCUT2D eigenvalue weighted by atomic mass is 9.98. The minimum Gasteiger partial charge on any atom is -0.456 e. The summed E-state index contributed by atoms with van der Waals surface area (Å²) in [5, 5.41) is 6.79. The molecule has 0 radical (unpaired) electrons. The summed E-state index contributed by atoms with van der Waals surface area (Å²) in [6, 6.07) is 65.5. The Labute approximate surface area is 326 Å². The predicted octanol–water partition coefficient (Wildman–Crippen LogP) is 13.0. The molecule has 0 fully saturated rings. The van der Waals surface area contributed by atoms with Crippen LogP contribution in [0.2, 0.25) is 0 Å². The van der Waals surface area contributed by atoms with E-state index in [4.69, 9.17) is 19.4 Å². The van der Waals surface area contributed by atoms with Crippen molar-refractivity contribution in [3.8, 4) is 45.5 Å². The smallest absolute Gasteiger partial charge is 0.238 e. The van der Waals surface area contributed by atoms with Crippen LogP contribution < -0.4 is 0 Å². The molecule has 4 aromatic heterocycles. The highest BCUT2D eigenvalue weighted by Crippen LogP contribution is 2.42. The van der Waals surface area contributed by atoms with Crippen LogP contribution in [0, 0.1) is 0 Å². The second-order valence-electron chi connectivity index (χ2n) is 14.4. The number of hydrogen-bond acceptors (Lipinski definition) is 4. The van der Waals surface area contributed by atoms with Crippen molar-refractivity contribution in [1.29, 1.82) is 0 Å². The zero-order chi connectivity index (χ0) is 37.5. The fourth-order valence-electron chi connectivity index (χ4n) is 8.70. The number of rotatable bonds is 5. The first-order valence-corrected chi connectivity index (χ1v) is 19.1. The highest BCUT2D eigenvalue weighted by Gasteiger charge is 2.23. The Morgan fingerprint density at radius 1 is 0.368 bits per heavy atom. The summed E-state index contributed by atoms with van der Waals surface area (Å²) in [5.41, 5.74) is 11.1. The van der Waals surface area contributed by atoms with Gasteiger partial charge in [-0.2, -0.15) is 9.97 Å². The Morgan fingerprint density at radius 2 is 0.912 bits per heavy atom. The van der Waals surface area contributed by atoms with E-state index in [1.165, 1.54) is 5.39 Å². The molecule has 12 aromatic rings. The molecule has 0 saturated heterocycles. The maximum Gasteiger partial charge on any atom is 0.238 e. The standard InChI is InChI=1S/C51H31N5O/c1-3-15-32(16-4-1)49-52-50(34-18-13-17-33(31-34)36-24-14-28-45-46(36)41-23-9-12-27-44(41)57-45)54-51(53-49)56-43-26-11-8-22-38(43)40-30-29-39-37-21-7-10-25-42(37)55(47(39)48(40)56)35-19-5-2-6-20-35/h1-31H. The van der Waals surface area contributed by atoms with Gasteiger partial charge in [0.2, 0.25) is 5.95 Å². The highest BCUT2D eigenvalue weighted by atomic mass is 16.3. The molecule has 6 nitrogen and oxygen atoms in total. The molecule has 0 spiro atoms. The van der Waals surface area contributed by atoms with Crippen molar-refractivity contribution in [2.45, 2.75) is 0 Å². The van der Waals surface area contributed by atoms with Crippen molar-refractivity contribution in [1.82, 2.24) is 24.1 Å². The third-order valence-electron chi connectivity index (χ3n) is 11.2. The van der Waals surface area contributed by atoms with Crippen molar-refractivity contribution >= 4 is 65.6 Å². The summed E-state index contributed by atoms with van der Waals surface area (Å²) in [6.45, 7) is 0. The molecule has 12 rings (SSSR count). The molecule has 57 heavy (non-hydrogen) atoms. The van der Waals surface area contributed by atoms with E-state index in [0.29, 0.717) is 17.6 Å². The van der Waals surface area contributed by atoms with Crippen molar-refractivity contribution in [3.05, 3.63) is 188 Å². The van der Waals surface area contributed by atoms with Crippen LogP contribution >= 0.6 is 0 Å². The molecule has 0 amide bonds. The summed E-state index contributed by atoms with van der Waals surface area (Å²) in [6.07, 6.45) is 0. The first-order chi connectivity index (χ1) is 28.3. The van der Waals surface area contributed by atoms with Gasteiger partial charge in [0.25, 0.3) is 0 Å². The van der Waals surface area contributed by atoms with E-state index in [1.54, 1.807) is 0 Å². The van der Waals surface area contributed by atoms with Crippen LogP contribution in [0.1, 0.15) is 0 Å². The SMILES string of the molecule is c1ccc(-c2nc(-c3cccc(-c4cccc5oc6ccccc6c45)c3)nc(-n3c4ccccc4c4ccc5c6ccccc6n(-c6ccccc6)c5c43)n2)cc1. The van der Waals surface area contributed by atoms with Crippen LogP contribution in [0.3, 0.4) is 0 Å². The Balaban J connectivity index is 1.16. The van der Waals surface area contributed by atoms with Crippen molar-refractivity contribution in [2.75, 3.05) is 0 Å². The molecular weight excluding hydrogens is 699 g/mol. The maximum atomic E-state index is 6.27. The average molecular weight is 730 g/mol. The summed E-state index contributed by atoms with van der Waals surface area (Å²) in [5.74, 6) is 1.74. The Morgan fingerprint density at radius 3 is 1.67 bits per heavy atom. The van der Waals surface area contributed by atoms with E-state index in [1.807, 2.05) is 36.4 Å². The van der Waals surface area contributed by atoms with Gasteiger partial charge in [0.15, 0.2) is 11.6 Å². The number of hydrogen-bond donors (Lipinski definition) is 0. The van der Waals surface area contributed by atoms with E-state index in [-0.39, 0.29) is 0 Å². The molecule has 0 N–H and O–H groups in total. The van der Waals surface area contributed by atoms with E-state index in [0.717, 1.165) is 88.1 Å². The zero-order valence-electron chi connectivity index (χ0n) is 30.5. The summed E-state index contributed by atoms with van der Waals surface area (Å²) in [4.78, 5) is 15.9. The number of nitrogens with zero attached hydrogens (tertiary/aromatic N) is 5. The molecular formula is C51H31N5O. The van der Waals surface area contributed by atoms with Gasteiger partial charge in [0.1, 0.15) is 11.2 Å². The lowest BCUT2D eigenvalue weighted by molar-refractivity contribution is 0.669. The van der Waals surface area contributed by atoms with Gasteiger partial charge in [-0.05, 0) is 53.6 Å². The van der Waals surface area contributed by atoms with Crippen molar-refractivity contribution in [2.24, 2.45) is 0 Å². The third-order valence-corrected chi connectivity index (χ3v) is 11.2. The van der Waals surface area contributed by atoms with Gasteiger partial charge in [-0.3, -0.25) is 4.57 Å². The number of fused-ring (bicyclic) bond motifs is 10. The van der Waals surface area contributed by atoms with Crippen LogP contribution in [-0.2, 0) is 0 Å². The zero-order valence-corrected chi connectivity index (χ0v) is 30.5. The summed E-state index contributed by atoms with van der Waals surface area (Å²) >= 11 is 0. The molecule has 0 saturated carbocycles. The third kappa shape index (κ3) is 4.81. The van der Waals surface area contributed by atoms with E-state index in [2.05, 4.69) is 161 Å². The van der Waals surface area contributed by atoms with Crippen LogP contribution in [0.25, 0.3) is 111 Å². The average Bonchev–Trinajstić information content (AvgIpc) is 3.95. The minimum atomic E-state index is 0.552. The minimum absolute atomic E-state index is 0.552. The second kappa shape index (κ2) is 12.3.